The smallest absolute Gasteiger partial charge is 0.268 e. The average Bonchev–Trinajstić information content (AvgIpc) is 3.35. The number of aryl methyl sites for hydroxylation is 3. The van der Waals surface area contributed by atoms with E-state index in [1.54, 1.807) is 66.7 Å². The van der Waals surface area contributed by atoms with Gasteiger partial charge in [0.05, 0.1) is 15.3 Å². The van der Waals surface area contributed by atoms with Crippen LogP contribution in [0.2, 0.25) is 0 Å². The molecule has 1 N–H and O–H groups in total. The van der Waals surface area contributed by atoms with E-state index >= 15 is 0 Å². The van der Waals surface area contributed by atoms with Crippen molar-refractivity contribution in [2.45, 2.75) is 42.9 Å². The van der Waals surface area contributed by atoms with Crippen LogP contribution in [0.1, 0.15) is 28.8 Å². The van der Waals surface area contributed by atoms with Gasteiger partial charge >= 0.3 is 0 Å². The Kier molecular flexibility index (Phi) is 5.10. The normalized spacial score (nSPS) is 13.9. The van der Waals surface area contributed by atoms with E-state index in [0.717, 1.165) is 40.6 Å². The summed E-state index contributed by atoms with van der Waals surface area (Å²) in [4.78, 5) is 0.418. The summed E-state index contributed by atoms with van der Waals surface area (Å²) < 4.78 is 56.9. The third-order valence-corrected chi connectivity index (χ3v) is 9.28. The van der Waals surface area contributed by atoms with Crippen molar-refractivity contribution >= 4 is 36.6 Å². The van der Waals surface area contributed by atoms with Crippen LogP contribution >= 0.6 is 0 Å². The van der Waals surface area contributed by atoms with Gasteiger partial charge in [0.15, 0.2) is 0 Å². The van der Waals surface area contributed by atoms with Gasteiger partial charge in [0.25, 0.3) is 20.0 Å². The molecular formula is C25H24N2O4S2. The molecule has 4 aromatic rings. The molecule has 0 atom stereocenters. The third kappa shape index (κ3) is 3.73. The topological polar surface area (TPSA) is 85.2 Å². The number of nitrogens with one attached hydrogen (secondary N) is 1. The zero-order valence-electron chi connectivity index (χ0n) is 18.4. The van der Waals surface area contributed by atoms with Crippen molar-refractivity contribution in [2.24, 2.45) is 0 Å². The first-order chi connectivity index (χ1) is 15.7. The Morgan fingerprint density at radius 3 is 2.00 bits per heavy atom. The van der Waals surface area contributed by atoms with Crippen LogP contribution in [0.15, 0.2) is 76.5 Å². The summed E-state index contributed by atoms with van der Waals surface area (Å²) >= 11 is 0. The first kappa shape index (κ1) is 21.7. The molecule has 0 saturated carbocycles. The Morgan fingerprint density at radius 1 is 0.758 bits per heavy atom. The number of hydrogen-bond acceptors (Lipinski definition) is 4. The predicted molar refractivity (Wildman–Crippen MR) is 130 cm³/mol. The van der Waals surface area contributed by atoms with Crippen molar-refractivity contribution in [1.29, 1.82) is 0 Å². The van der Waals surface area contributed by atoms with Gasteiger partial charge in [-0.1, -0.05) is 35.4 Å². The van der Waals surface area contributed by atoms with Crippen molar-refractivity contribution in [3.05, 3.63) is 89.1 Å². The Bertz CT molecular complexity index is 1580. The van der Waals surface area contributed by atoms with Gasteiger partial charge in [0.1, 0.15) is 0 Å². The van der Waals surface area contributed by atoms with Crippen molar-refractivity contribution in [1.82, 2.24) is 3.97 Å². The molecule has 0 fully saturated rings. The second kappa shape index (κ2) is 7.74. The molecule has 8 heteroatoms. The van der Waals surface area contributed by atoms with Gasteiger partial charge in [-0.05, 0) is 81.1 Å². The van der Waals surface area contributed by atoms with Crippen LogP contribution < -0.4 is 4.72 Å². The second-order valence-electron chi connectivity index (χ2n) is 8.51. The van der Waals surface area contributed by atoms with Crippen LogP contribution in [0.4, 0.5) is 5.69 Å². The highest BCUT2D eigenvalue weighted by atomic mass is 32.2. The van der Waals surface area contributed by atoms with Crippen molar-refractivity contribution in [3.8, 4) is 0 Å². The van der Waals surface area contributed by atoms with Gasteiger partial charge in [-0.25, -0.2) is 20.8 Å². The van der Waals surface area contributed by atoms with E-state index in [0.29, 0.717) is 17.6 Å². The standard InChI is InChI=1S/C25H24N2O4S2/c1-17-6-11-20(12-7-17)32(28,29)26-19-10-15-25-23(16-19)22-4-3-5-24(22)27(25)33(30,31)21-13-8-18(2)9-14-21/h6-16,26H,3-5H2,1-2H3. The minimum atomic E-state index is -3.78. The Labute approximate surface area is 194 Å². The van der Waals surface area contributed by atoms with Crippen LogP contribution in [0.5, 0.6) is 0 Å². The van der Waals surface area contributed by atoms with Crippen molar-refractivity contribution < 1.29 is 16.8 Å². The lowest BCUT2D eigenvalue weighted by atomic mass is 10.1. The number of fused-ring (bicyclic) bond motifs is 3. The monoisotopic (exact) mass is 480 g/mol. The summed E-state index contributed by atoms with van der Waals surface area (Å²) in [7, 11) is -7.54. The quantitative estimate of drug-likeness (QED) is 0.445. The van der Waals surface area contributed by atoms with E-state index in [1.807, 2.05) is 13.8 Å². The van der Waals surface area contributed by atoms with Gasteiger partial charge in [-0.15, -0.1) is 0 Å². The minimum absolute atomic E-state index is 0.179. The zero-order valence-corrected chi connectivity index (χ0v) is 20.0. The average molecular weight is 481 g/mol. The van der Waals surface area contributed by atoms with Gasteiger partial charge in [0.2, 0.25) is 0 Å². The van der Waals surface area contributed by atoms with E-state index in [2.05, 4.69) is 4.72 Å². The first-order valence-electron chi connectivity index (χ1n) is 10.7. The molecule has 33 heavy (non-hydrogen) atoms. The highest BCUT2D eigenvalue weighted by molar-refractivity contribution is 7.92. The highest BCUT2D eigenvalue weighted by Gasteiger charge is 2.29. The summed E-state index contributed by atoms with van der Waals surface area (Å²) in [6.45, 7) is 3.81. The van der Waals surface area contributed by atoms with E-state index < -0.39 is 20.0 Å². The van der Waals surface area contributed by atoms with Gasteiger partial charge in [0, 0.05) is 16.8 Å². The lowest BCUT2D eigenvalue weighted by Gasteiger charge is -2.12. The molecule has 170 valence electrons. The van der Waals surface area contributed by atoms with Gasteiger partial charge in [-0.2, -0.15) is 0 Å². The molecule has 0 bridgehead atoms. The second-order valence-corrected chi connectivity index (χ2v) is 12.0. The molecule has 1 aliphatic carbocycles. The number of nitrogens with zero attached hydrogens (tertiary/aromatic N) is 1. The fourth-order valence-corrected chi connectivity index (χ4v) is 7.08. The fraction of sp³-hybridized carbons (Fsp3) is 0.200. The van der Waals surface area contributed by atoms with Crippen LogP contribution in [0.25, 0.3) is 10.9 Å². The molecule has 0 saturated heterocycles. The maximum atomic E-state index is 13.6. The van der Waals surface area contributed by atoms with E-state index in [1.165, 1.54) is 3.97 Å². The summed E-state index contributed by atoms with van der Waals surface area (Å²) in [6.07, 6.45) is 2.29. The molecule has 3 aromatic carbocycles. The number of aromatic nitrogens is 1. The number of hydrogen-bond donors (Lipinski definition) is 1. The SMILES string of the molecule is Cc1ccc(S(=O)(=O)Nc2ccc3c(c2)c2c(n3S(=O)(=O)c3ccc(C)cc3)CCC2)cc1. The molecule has 0 amide bonds. The van der Waals surface area contributed by atoms with Crippen molar-refractivity contribution in [3.63, 3.8) is 0 Å². The molecule has 0 aliphatic heterocycles. The van der Waals surface area contributed by atoms with Crippen LogP contribution in [0, 0.1) is 13.8 Å². The van der Waals surface area contributed by atoms with E-state index in [-0.39, 0.29) is 9.79 Å². The molecule has 6 nitrogen and oxygen atoms in total. The molecule has 0 unspecified atom stereocenters. The third-order valence-electron chi connectivity index (χ3n) is 6.12. The molecular weight excluding hydrogens is 456 g/mol. The van der Waals surface area contributed by atoms with Gasteiger partial charge < -0.3 is 0 Å². The van der Waals surface area contributed by atoms with Crippen LogP contribution in [0.3, 0.4) is 0 Å². The lowest BCUT2D eigenvalue weighted by molar-refractivity contribution is 0.587. The number of sulfonamides is 1. The largest absolute Gasteiger partial charge is 0.280 e. The highest BCUT2D eigenvalue weighted by Crippen LogP contribution is 2.37. The zero-order chi connectivity index (χ0) is 23.4. The molecule has 5 rings (SSSR count). The number of anilines is 1. The summed E-state index contributed by atoms with van der Waals surface area (Å²) in [5.41, 5.74) is 4.69. The maximum absolute atomic E-state index is 13.6. The van der Waals surface area contributed by atoms with Crippen molar-refractivity contribution in [2.75, 3.05) is 4.72 Å². The lowest BCUT2D eigenvalue weighted by Crippen LogP contribution is -2.15. The summed E-state index contributed by atoms with van der Waals surface area (Å²) in [5, 5.41) is 0.766. The number of rotatable bonds is 5. The minimum Gasteiger partial charge on any atom is -0.280 e. The molecule has 1 aromatic heterocycles. The van der Waals surface area contributed by atoms with E-state index in [4.69, 9.17) is 0 Å². The van der Waals surface area contributed by atoms with Crippen LogP contribution in [-0.4, -0.2) is 20.8 Å². The fourth-order valence-electron chi connectivity index (χ4n) is 4.43. The molecule has 1 heterocycles. The Balaban J connectivity index is 1.61. The molecule has 0 spiro atoms. The summed E-state index contributed by atoms with van der Waals surface area (Å²) in [6, 6.07) is 18.5. The molecule has 1 aliphatic rings. The number of benzene rings is 3. The van der Waals surface area contributed by atoms with E-state index in [9.17, 15) is 16.8 Å². The van der Waals surface area contributed by atoms with Crippen LogP contribution in [-0.2, 0) is 32.9 Å². The predicted octanol–water partition coefficient (Wildman–Crippen LogP) is 4.78. The Hall–Kier alpha value is -3.10. The maximum Gasteiger partial charge on any atom is 0.268 e. The first-order valence-corrected chi connectivity index (χ1v) is 13.7. The summed E-state index contributed by atoms with van der Waals surface area (Å²) in [5.74, 6) is 0. The Morgan fingerprint density at radius 2 is 1.36 bits per heavy atom. The molecule has 0 radical (unpaired) electrons. The van der Waals surface area contributed by atoms with Gasteiger partial charge in [-0.3, -0.25) is 4.72 Å².